The first-order chi connectivity index (χ1) is 14.0. The van der Waals surface area contributed by atoms with Crippen molar-refractivity contribution in [2.24, 2.45) is 0 Å². The van der Waals surface area contributed by atoms with Gasteiger partial charge in [0.25, 0.3) is 0 Å². The number of hydrogen-bond acceptors (Lipinski definition) is 4. The zero-order chi connectivity index (χ0) is 20.5. The van der Waals surface area contributed by atoms with E-state index in [0.29, 0.717) is 33.8 Å². The third-order valence-corrected chi connectivity index (χ3v) is 4.89. The Morgan fingerprint density at radius 3 is 2.10 bits per heavy atom. The standard InChI is InChI=1S/C24H20O5/c1-14-12-17(24(25)26)21-20(13-14)29-23(16-9-5-7-11-19(16)28-3)22(21)15-8-4-6-10-18(15)27-2/h4-13H,1-3H3,(H,25,26). The molecular formula is C24H20O5. The number of furan rings is 1. The highest BCUT2D eigenvalue weighted by Crippen LogP contribution is 2.47. The maximum atomic E-state index is 12.1. The number of carbonyl (C=O) groups is 1. The number of aryl methyl sites for hydroxylation is 1. The summed E-state index contributed by atoms with van der Waals surface area (Å²) in [5.74, 6) is 0.789. The van der Waals surface area contributed by atoms with Gasteiger partial charge < -0.3 is 19.0 Å². The zero-order valence-electron chi connectivity index (χ0n) is 16.4. The highest BCUT2D eigenvalue weighted by atomic mass is 16.5. The first-order valence-electron chi connectivity index (χ1n) is 9.12. The van der Waals surface area contributed by atoms with E-state index in [2.05, 4.69) is 0 Å². The van der Waals surface area contributed by atoms with Crippen LogP contribution in [0.3, 0.4) is 0 Å². The highest BCUT2D eigenvalue weighted by Gasteiger charge is 2.26. The van der Waals surface area contributed by atoms with E-state index in [1.165, 1.54) is 0 Å². The summed E-state index contributed by atoms with van der Waals surface area (Å²) in [6, 6.07) is 18.5. The van der Waals surface area contributed by atoms with Crippen LogP contribution in [0.25, 0.3) is 33.4 Å². The molecule has 0 bridgehead atoms. The van der Waals surface area contributed by atoms with Crippen molar-refractivity contribution >= 4 is 16.9 Å². The van der Waals surface area contributed by atoms with Gasteiger partial charge in [0.15, 0.2) is 0 Å². The van der Waals surface area contributed by atoms with Crippen LogP contribution in [0.2, 0.25) is 0 Å². The van der Waals surface area contributed by atoms with Crippen molar-refractivity contribution in [3.63, 3.8) is 0 Å². The molecule has 5 heteroatoms. The molecule has 1 heterocycles. The van der Waals surface area contributed by atoms with Crippen LogP contribution in [0, 0.1) is 6.92 Å². The Morgan fingerprint density at radius 2 is 1.48 bits per heavy atom. The molecule has 0 fully saturated rings. The van der Waals surface area contributed by atoms with E-state index in [9.17, 15) is 9.90 Å². The molecule has 0 spiro atoms. The van der Waals surface area contributed by atoms with Crippen molar-refractivity contribution in [3.8, 4) is 33.9 Å². The number of para-hydroxylation sites is 2. The minimum absolute atomic E-state index is 0.186. The van der Waals surface area contributed by atoms with Crippen molar-refractivity contribution in [2.75, 3.05) is 14.2 Å². The molecular weight excluding hydrogens is 368 g/mol. The monoisotopic (exact) mass is 388 g/mol. The third-order valence-electron chi connectivity index (χ3n) is 4.89. The summed E-state index contributed by atoms with van der Waals surface area (Å²) < 4.78 is 17.4. The highest BCUT2D eigenvalue weighted by molar-refractivity contribution is 6.13. The lowest BCUT2D eigenvalue weighted by molar-refractivity contribution is 0.0699. The maximum Gasteiger partial charge on any atom is 0.336 e. The number of hydrogen-bond donors (Lipinski definition) is 1. The molecule has 0 saturated heterocycles. The second-order valence-corrected chi connectivity index (χ2v) is 6.70. The Bertz CT molecular complexity index is 1220. The molecule has 1 N–H and O–H groups in total. The van der Waals surface area contributed by atoms with Crippen molar-refractivity contribution in [3.05, 3.63) is 71.8 Å². The Balaban J connectivity index is 2.20. The van der Waals surface area contributed by atoms with Gasteiger partial charge in [-0.15, -0.1) is 0 Å². The van der Waals surface area contributed by atoms with E-state index in [1.807, 2.05) is 61.5 Å². The predicted molar refractivity (Wildman–Crippen MR) is 112 cm³/mol. The molecule has 29 heavy (non-hydrogen) atoms. The largest absolute Gasteiger partial charge is 0.496 e. The summed E-state index contributed by atoms with van der Waals surface area (Å²) in [5.41, 5.74) is 3.65. The van der Waals surface area contributed by atoms with E-state index in [1.54, 1.807) is 20.3 Å². The molecule has 146 valence electrons. The van der Waals surface area contributed by atoms with E-state index in [-0.39, 0.29) is 5.56 Å². The van der Waals surface area contributed by atoms with Gasteiger partial charge in [-0.3, -0.25) is 0 Å². The summed E-state index contributed by atoms with van der Waals surface area (Å²) in [4.78, 5) is 12.1. The van der Waals surface area contributed by atoms with Crippen molar-refractivity contribution in [2.45, 2.75) is 6.92 Å². The van der Waals surface area contributed by atoms with E-state index in [0.717, 1.165) is 16.7 Å². The van der Waals surface area contributed by atoms with E-state index in [4.69, 9.17) is 13.9 Å². The van der Waals surface area contributed by atoms with Crippen LogP contribution in [-0.4, -0.2) is 25.3 Å². The summed E-state index contributed by atoms with van der Waals surface area (Å²) in [7, 11) is 3.18. The lowest BCUT2D eigenvalue weighted by atomic mass is 9.94. The molecule has 0 atom stereocenters. The first-order valence-corrected chi connectivity index (χ1v) is 9.12. The molecule has 0 aliphatic rings. The average Bonchev–Trinajstić information content (AvgIpc) is 3.11. The number of aromatic carboxylic acids is 1. The SMILES string of the molecule is COc1ccccc1-c1oc2cc(C)cc(C(=O)O)c2c1-c1ccccc1OC. The summed E-state index contributed by atoms with van der Waals surface area (Å²) in [6.45, 7) is 1.85. The first kappa shape index (κ1) is 18.6. The van der Waals surface area contributed by atoms with Crippen LogP contribution >= 0.6 is 0 Å². The Hall–Kier alpha value is -3.73. The number of rotatable bonds is 5. The van der Waals surface area contributed by atoms with Gasteiger partial charge in [0.1, 0.15) is 22.8 Å². The van der Waals surface area contributed by atoms with Crippen molar-refractivity contribution in [1.29, 1.82) is 0 Å². The number of carboxylic acids is 1. The molecule has 4 rings (SSSR count). The normalized spacial score (nSPS) is 10.9. The van der Waals surface area contributed by atoms with Gasteiger partial charge in [0.2, 0.25) is 0 Å². The lowest BCUT2D eigenvalue weighted by Crippen LogP contribution is -1.99. The van der Waals surface area contributed by atoms with Gasteiger partial charge >= 0.3 is 5.97 Å². The van der Waals surface area contributed by atoms with Crippen molar-refractivity contribution in [1.82, 2.24) is 0 Å². The van der Waals surface area contributed by atoms with Gasteiger partial charge in [-0.1, -0.05) is 30.3 Å². The number of fused-ring (bicyclic) bond motifs is 1. The minimum atomic E-state index is -1.01. The van der Waals surface area contributed by atoms with Crippen LogP contribution in [0.5, 0.6) is 11.5 Å². The van der Waals surface area contributed by atoms with Gasteiger partial charge in [-0.25, -0.2) is 4.79 Å². The fraction of sp³-hybridized carbons (Fsp3) is 0.125. The Labute approximate surface area is 168 Å². The molecule has 0 radical (unpaired) electrons. The number of carboxylic acid groups (broad SMARTS) is 1. The second-order valence-electron chi connectivity index (χ2n) is 6.70. The molecule has 0 amide bonds. The number of ether oxygens (including phenoxy) is 2. The zero-order valence-corrected chi connectivity index (χ0v) is 16.4. The Morgan fingerprint density at radius 1 is 0.897 bits per heavy atom. The molecule has 0 unspecified atom stereocenters. The minimum Gasteiger partial charge on any atom is -0.496 e. The van der Waals surface area contributed by atoms with Crippen LogP contribution < -0.4 is 9.47 Å². The van der Waals surface area contributed by atoms with Crippen LogP contribution in [0.1, 0.15) is 15.9 Å². The smallest absolute Gasteiger partial charge is 0.336 e. The number of benzene rings is 3. The maximum absolute atomic E-state index is 12.1. The van der Waals surface area contributed by atoms with Crippen LogP contribution in [-0.2, 0) is 0 Å². The van der Waals surface area contributed by atoms with Gasteiger partial charge in [0.05, 0.1) is 25.3 Å². The predicted octanol–water partition coefficient (Wildman–Crippen LogP) is 5.79. The van der Waals surface area contributed by atoms with Gasteiger partial charge in [0, 0.05) is 16.5 Å². The summed E-state index contributed by atoms with van der Waals surface area (Å²) in [5, 5.41) is 10.4. The molecule has 4 aromatic rings. The second kappa shape index (κ2) is 7.36. The van der Waals surface area contributed by atoms with Crippen LogP contribution in [0.4, 0.5) is 0 Å². The molecule has 0 saturated carbocycles. The molecule has 0 aliphatic heterocycles. The average molecular weight is 388 g/mol. The van der Waals surface area contributed by atoms with E-state index >= 15 is 0 Å². The number of methoxy groups -OCH3 is 2. The van der Waals surface area contributed by atoms with E-state index < -0.39 is 5.97 Å². The molecule has 5 nitrogen and oxygen atoms in total. The third kappa shape index (κ3) is 3.10. The van der Waals surface area contributed by atoms with Crippen molar-refractivity contribution < 1.29 is 23.8 Å². The summed E-state index contributed by atoms with van der Waals surface area (Å²) >= 11 is 0. The quantitative estimate of drug-likeness (QED) is 0.469. The summed E-state index contributed by atoms with van der Waals surface area (Å²) in [6.07, 6.45) is 0. The fourth-order valence-corrected chi connectivity index (χ4v) is 3.66. The van der Waals surface area contributed by atoms with Gasteiger partial charge in [-0.2, -0.15) is 0 Å². The van der Waals surface area contributed by atoms with Gasteiger partial charge in [-0.05, 0) is 42.8 Å². The Kier molecular flexibility index (Phi) is 4.72. The van der Waals surface area contributed by atoms with Crippen LogP contribution in [0.15, 0.2) is 65.1 Å². The molecule has 3 aromatic carbocycles. The lowest BCUT2D eigenvalue weighted by Gasteiger charge is -2.12. The molecule has 1 aromatic heterocycles. The fourth-order valence-electron chi connectivity index (χ4n) is 3.66. The topological polar surface area (TPSA) is 68.9 Å². The molecule has 0 aliphatic carbocycles.